The molecule has 16 nitrogen and oxygen atoms in total. The molecule has 4 saturated heterocycles. The fourth-order valence-corrected chi connectivity index (χ4v) is 15.2. The van der Waals surface area contributed by atoms with E-state index < -0.39 is 35.2 Å². The van der Waals surface area contributed by atoms with Crippen LogP contribution in [0.2, 0.25) is 0 Å². The Labute approximate surface area is 525 Å². The highest BCUT2D eigenvalue weighted by Crippen LogP contribution is 2.48. The Morgan fingerprint density at radius 2 is 1.06 bits per heavy atom. The second-order valence-electron chi connectivity index (χ2n) is 24.2. The quantitative estimate of drug-likeness (QED) is 0.0469. The third-order valence-electron chi connectivity index (χ3n) is 16.8. The van der Waals surface area contributed by atoms with Gasteiger partial charge in [0.2, 0.25) is 11.8 Å². The van der Waals surface area contributed by atoms with Gasteiger partial charge in [0.15, 0.2) is 5.11 Å². The summed E-state index contributed by atoms with van der Waals surface area (Å²) in [6, 6.07) is 19.5. The molecule has 4 bridgehead atoms. The van der Waals surface area contributed by atoms with Crippen LogP contribution in [0, 0.1) is 27.7 Å². The maximum absolute atomic E-state index is 13.9. The molecule has 2 aromatic carbocycles. The topological polar surface area (TPSA) is 225 Å². The molecule has 6 aromatic rings. The summed E-state index contributed by atoms with van der Waals surface area (Å²) in [4.78, 5) is 77.7. The number of halogens is 3. The zero-order valence-electron chi connectivity index (χ0n) is 51.6. The maximum atomic E-state index is 13.9. The van der Waals surface area contributed by atoms with Crippen molar-refractivity contribution in [2.24, 2.45) is 10.7 Å². The largest absolute Gasteiger partial charge is 0.490 e. The number of nitrogens with one attached hydrogen (secondary N) is 4. The highest BCUT2D eigenvalue weighted by molar-refractivity contribution is 7.80. The number of amides is 4. The van der Waals surface area contributed by atoms with Gasteiger partial charge in [0, 0.05) is 57.2 Å². The second kappa shape index (κ2) is 28.3. The maximum Gasteiger partial charge on any atom is 0.490 e. The number of aryl methyl sites for hydroxylation is 4. The van der Waals surface area contributed by atoms with E-state index in [0.29, 0.717) is 49.8 Å². The van der Waals surface area contributed by atoms with Crippen LogP contribution < -0.4 is 16.4 Å². The van der Waals surface area contributed by atoms with Crippen molar-refractivity contribution in [2.45, 2.75) is 187 Å². The van der Waals surface area contributed by atoms with Gasteiger partial charge in [0.25, 0.3) is 0 Å². The SMILES string of the molecule is CCOC(=O)N=C=S.CCOC(=O)NC(=S)NC[C@@H](C)c1c(-c2cc(C)cc(C)c2)[nH]c2sc(C(C)(C)C(=O)N3C4CCC3CC4)cc12.Cc1cc(C)cc(-c2[nH]c3sc(C(C)(C)C(=O)N4C5CCC4CC5)cc3c2[C@H](C)CN)c1.O=C(O)C(F)(F)F. The number of thiocarbonyl (C=S) groups is 2. The Hall–Kier alpha value is -6.49. The molecule has 7 N–H and O–H groups in total. The number of aromatic amines is 2. The van der Waals surface area contributed by atoms with Crippen molar-refractivity contribution in [3.8, 4) is 22.5 Å². The van der Waals surface area contributed by atoms with E-state index in [9.17, 15) is 32.3 Å². The van der Waals surface area contributed by atoms with E-state index in [4.69, 9.17) is 32.6 Å². The molecule has 0 radical (unpaired) electrons. The number of benzene rings is 2. The number of carbonyl (C=O) groups is 5. The molecular weight excluding hydrogens is 1190 g/mol. The Balaban J connectivity index is 0.000000204. The number of nitrogens with zero attached hydrogens (tertiary/aromatic N) is 3. The minimum Gasteiger partial charge on any atom is -0.475 e. The van der Waals surface area contributed by atoms with E-state index in [0.717, 1.165) is 61.7 Å². The number of alkyl halides is 3. The van der Waals surface area contributed by atoms with Crippen LogP contribution in [0.1, 0.15) is 162 Å². The Bertz CT molecular complexity index is 3500. The number of fused-ring (bicyclic) bond motifs is 6. The molecule has 23 heteroatoms. The first-order valence-corrected chi connectivity index (χ1v) is 32.0. The molecule has 4 aromatic heterocycles. The number of hydrogen-bond donors (Lipinski definition) is 6. The molecule has 8 heterocycles. The van der Waals surface area contributed by atoms with E-state index in [1.54, 1.807) is 36.5 Å². The second-order valence-corrected chi connectivity index (χ2v) is 26.9. The fourth-order valence-electron chi connectivity index (χ4n) is 12.6. The number of carboxylic acid groups (broad SMARTS) is 1. The lowest BCUT2D eigenvalue weighted by Crippen LogP contribution is -2.45. The molecule has 2 atom stereocenters. The molecule has 87 heavy (non-hydrogen) atoms. The molecule has 4 aliphatic rings. The van der Waals surface area contributed by atoms with Crippen molar-refractivity contribution in [1.82, 2.24) is 30.4 Å². The van der Waals surface area contributed by atoms with Crippen LogP contribution in [0.4, 0.5) is 22.8 Å². The minimum absolute atomic E-state index is 0.0576. The van der Waals surface area contributed by atoms with Crippen LogP contribution in [-0.4, -0.2) is 122 Å². The van der Waals surface area contributed by atoms with E-state index in [1.807, 2.05) is 5.16 Å². The van der Waals surface area contributed by atoms with Crippen molar-refractivity contribution in [2.75, 3.05) is 26.3 Å². The number of aliphatic imine (C=N–C) groups is 1. The minimum atomic E-state index is -5.08. The number of H-pyrrole nitrogens is 2. The van der Waals surface area contributed by atoms with Crippen LogP contribution in [0.3, 0.4) is 0 Å². The van der Waals surface area contributed by atoms with Crippen molar-refractivity contribution in [3.05, 3.63) is 91.7 Å². The summed E-state index contributed by atoms with van der Waals surface area (Å²) in [7, 11) is 0. The van der Waals surface area contributed by atoms with E-state index in [1.165, 1.54) is 75.7 Å². The zero-order valence-corrected chi connectivity index (χ0v) is 54.8. The number of carbonyl (C=O) groups excluding carboxylic acids is 4. The number of aromatic nitrogens is 2. The van der Waals surface area contributed by atoms with Crippen LogP contribution in [0.15, 0.2) is 53.5 Å². The molecule has 0 spiro atoms. The van der Waals surface area contributed by atoms with Gasteiger partial charge in [0.1, 0.15) is 9.66 Å². The molecule has 4 fully saturated rings. The molecule has 4 amide bonds. The summed E-state index contributed by atoms with van der Waals surface area (Å²) < 4.78 is 41.0. The first-order valence-electron chi connectivity index (χ1n) is 29.6. The van der Waals surface area contributed by atoms with Gasteiger partial charge >= 0.3 is 24.3 Å². The number of alkyl carbamates (subject to hydrolysis) is 1. The van der Waals surface area contributed by atoms with Crippen LogP contribution in [0.25, 0.3) is 42.9 Å². The highest BCUT2D eigenvalue weighted by atomic mass is 32.1. The van der Waals surface area contributed by atoms with Crippen LogP contribution in [-0.2, 0) is 34.7 Å². The van der Waals surface area contributed by atoms with Crippen molar-refractivity contribution in [3.63, 3.8) is 0 Å². The third kappa shape index (κ3) is 15.5. The van der Waals surface area contributed by atoms with Crippen molar-refractivity contribution >= 4 is 108 Å². The average Bonchev–Trinajstić information content (AvgIpc) is 1.62. The van der Waals surface area contributed by atoms with Crippen LogP contribution in [0.5, 0.6) is 0 Å². The first kappa shape index (κ1) is 68.0. The van der Waals surface area contributed by atoms with Gasteiger partial charge < -0.3 is 45.4 Å². The number of nitrogens with two attached hydrogens (primary N) is 1. The standard InChI is InChI=1S/C31H40N4O3S2.C27H35N3OS.C4H5NO2S.C2HF3O2/c1-7-38-30(37)34-29(39)32-16-19(4)25-23-15-24(31(5,6)28(36)35-21-8-9-22(35)11-10-21)40-27(23)33-26(25)20-13-17(2)12-18(3)14-20;1-15-10-16(2)12-18(11-15)24-23(17(3)14-28)21-13-22(32-25(21)29-24)27(4,5)26(31)30-19-6-7-20(30)9-8-19;1-2-7-4(6)5-3-8;3-2(4,5)1(6)7/h12-15,19,21-22,33H,7-11,16H2,1-6H3,(H2,32,34,37,39);10-13,17,19-20,29H,6-9,14,28H2,1-5H3;2H2,1H3;(H,6,7)/t19-,21?,22?;17-,19?,20?;;/m11../s1. The third-order valence-corrected chi connectivity index (χ3v) is 19.9. The Morgan fingerprint density at radius 3 is 1.39 bits per heavy atom. The van der Waals surface area contributed by atoms with E-state index in [2.05, 4.69) is 170 Å². The molecule has 470 valence electrons. The number of hydrogen-bond acceptors (Lipinski definition) is 12. The smallest absolute Gasteiger partial charge is 0.475 e. The number of carboxylic acids is 1. The summed E-state index contributed by atoms with van der Waals surface area (Å²) in [6.07, 6.45) is 2.93. The highest BCUT2D eigenvalue weighted by Gasteiger charge is 2.49. The van der Waals surface area contributed by atoms with Crippen molar-refractivity contribution < 1.29 is 51.7 Å². The molecule has 4 aliphatic heterocycles. The summed E-state index contributed by atoms with van der Waals surface area (Å²) in [5, 5.41) is 17.4. The van der Waals surface area contributed by atoms with E-state index >= 15 is 0 Å². The van der Waals surface area contributed by atoms with Gasteiger partial charge in [0.05, 0.1) is 40.6 Å². The normalized spacial score (nSPS) is 18.3. The molecule has 0 unspecified atom stereocenters. The Kier molecular flexibility index (Phi) is 22.2. The summed E-state index contributed by atoms with van der Waals surface area (Å²) in [5.74, 6) is -1.91. The number of thiophene rings is 2. The molecule has 10 rings (SSSR count). The van der Waals surface area contributed by atoms with Gasteiger partial charge in [-0.2, -0.15) is 13.2 Å². The lowest BCUT2D eigenvalue weighted by atomic mass is 9.88. The lowest BCUT2D eigenvalue weighted by molar-refractivity contribution is -0.192. The fraction of sp³-hybridized carbons (Fsp3) is 0.516. The number of isothiocyanates is 1. The summed E-state index contributed by atoms with van der Waals surface area (Å²) in [6.45, 7) is 26.4. The monoisotopic (exact) mass is 1270 g/mol. The molecule has 0 aliphatic carbocycles. The number of rotatable bonds is 13. The lowest BCUT2D eigenvalue weighted by Gasteiger charge is -2.31. The van der Waals surface area contributed by atoms with Crippen LogP contribution >= 0.6 is 47.1 Å². The average molecular weight is 1280 g/mol. The molecule has 0 saturated carbocycles. The predicted molar refractivity (Wildman–Crippen MR) is 346 cm³/mol. The van der Waals surface area contributed by atoms with Gasteiger partial charge in [-0.3, -0.25) is 14.9 Å². The Morgan fingerprint density at radius 1 is 0.690 bits per heavy atom. The van der Waals surface area contributed by atoms with Gasteiger partial charge in [-0.1, -0.05) is 48.2 Å². The summed E-state index contributed by atoms with van der Waals surface area (Å²) in [5.41, 5.74) is 17.0. The number of ether oxygens (including phenoxy) is 2. The van der Waals surface area contributed by atoms with Gasteiger partial charge in [-0.05, 0) is 216 Å². The predicted octanol–water partition coefficient (Wildman–Crippen LogP) is 14.6. The summed E-state index contributed by atoms with van der Waals surface area (Å²) >= 11 is 12.9. The molecular formula is C64H81F3N8O8S4. The van der Waals surface area contributed by atoms with Crippen molar-refractivity contribution in [1.29, 1.82) is 0 Å². The van der Waals surface area contributed by atoms with Gasteiger partial charge in [-0.25, -0.2) is 14.4 Å². The first-order chi connectivity index (χ1) is 40.9. The van der Waals surface area contributed by atoms with E-state index in [-0.39, 0.29) is 29.5 Å². The number of aliphatic carboxylic acids is 1. The van der Waals surface area contributed by atoms with Gasteiger partial charge in [-0.15, -0.1) is 27.7 Å². The zero-order chi connectivity index (χ0) is 64.0.